The average Bonchev–Trinajstić information content (AvgIpc) is 3.17. The minimum Gasteiger partial charge on any atom is -0.337 e. The van der Waals surface area contributed by atoms with Crippen LogP contribution in [0.2, 0.25) is 0 Å². The highest BCUT2D eigenvalue weighted by atomic mass is 15.1. The van der Waals surface area contributed by atoms with E-state index in [0.717, 1.165) is 13.1 Å². The molecule has 2 heterocycles. The molecule has 0 spiro atoms. The molecular weight excluding hydrogens is 262 g/mol. The standard InChI is InChI=1S/C16H27N5/c1-2-3-8-19(9-4-11-20-13-6-17-15-20)10-5-12-21-14-7-18-16-21/h6-7,13-16H,2-5,8-12H2,1H3. The predicted octanol–water partition coefficient (Wildman–Crippen LogP) is 2.66. The second-order valence-electron chi connectivity index (χ2n) is 5.50. The molecule has 0 amide bonds. The molecule has 2 aromatic heterocycles. The smallest absolute Gasteiger partial charge is 0.0945 e. The van der Waals surface area contributed by atoms with Gasteiger partial charge in [0.15, 0.2) is 0 Å². The van der Waals surface area contributed by atoms with Gasteiger partial charge in [0.2, 0.25) is 0 Å². The number of unbranched alkanes of at least 4 members (excludes halogenated alkanes) is 1. The molecule has 0 saturated heterocycles. The van der Waals surface area contributed by atoms with E-state index in [-0.39, 0.29) is 0 Å². The SMILES string of the molecule is CCCCN(CCCn1ccnc1)CCCn1ccnc1. The Balaban J connectivity index is 1.66. The van der Waals surface area contributed by atoms with Gasteiger partial charge < -0.3 is 14.0 Å². The maximum absolute atomic E-state index is 4.09. The quantitative estimate of drug-likeness (QED) is 0.638. The number of nitrogens with zero attached hydrogens (tertiary/aromatic N) is 5. The van der Waals surface area contributed by atoms with Crippen LogP contribution in [-0.4, -0.2) is 43.6 Å². The van der Waals surface area contributed by atoms with E-state index in [1.165, 1.54) is 45.3 Å². The van der Waals surface area contributed by atoms with E-state index < -0.39 is 0 Å². The van der Waals surface area contributed by atoms with Crippen LogP contribution in [0.15, 0.2) is 37.4 Å². The molecule has 2 rings (SSSR count). The number of aryl methyl sites for hydroxylation is 2. The zero-order valence-corrected chi connectivity index (χ0v) is 13.1. The van der Waals surface area contributed by atoms with Gasteiger partial charge in [-0.2, -0.15) is 0 Å². The van der Waals surface area contributed by atoms with Gasteiger partial charge in [-0.3, -0.25) is 0 Å². The van der Waals surface area contributed by atoms with Crippen molar-refractivity contribution < 1.29 is 0 Å². The molecule has 5 heteroatoms. The van der Waals surface area contributed by atoms with Crippen LogP contribution >= 0.6 is 0 Å². The van der Waals surface area contributed by atoms with E-state index in [4.69, 9.17) is 0 Å². The lowest BCUT2D eigenvalue weighted by Crippen LogP contribution is -2.28. The third-order valence-electron chi connectivity index (χ3n) is 3.73. The Kier molecular flexibility index (Phi) is 7.01. The highest BCUT2D eigenvalue weighted by Gasteiger charge is 2.04. The Bertz CT molecular complexity index is 409. The Hall–Kier alpha value is -1.62. The Morgan fingerprint density at radius 1 is 0.810 bits per heavy atom. The molecule has 116 valence electrons. The molecule has 0 radical (unpaired) electrons. The molecular formula is C16H27N5. The summed E-state index contributed by atoms with van der Waals surface area (Å²) < 4.78 is 4.31. The maximum atomic E-state index is 4.09. The summed E-state index contributed by atoms with van der Waals surface area (Å²) in [6, 6.07) is 0. The molecule has 0 aliphatic heterocycles. The van der Waals surface area contributed by atoms with Crippen LogP contribution in [0, 0.1) is 0 Å². The Labute approximate surface area is 127 Å². The normalized spacial score (nSPS) is 11.3. The molecule has 5 nitrogen and oxygen atoms in total. The second kappa shape index (κ2) is 9.34. The van der Waals surface area contributed by atoms with Gasteiger partial charge in [-0.15, -0.1) is 0 Å². The number of rotatable bonds is 11. The topological polar surface area (TPSA) is 38.9 Å². The first kappa shape index (κ1) is 15.8. The van der Waals surface area contributed by atoms with Gasteiger partial charge in [0.25, 0.3) is 0 Å². The molecule has 0 N–H and O–H groups in total. The molecule has 0 aromatic carbocycles. The first-order valence-corrected chi connectivity index (χ1v) is 8.02. The Morgan fingerprint density at radius 3 is 1.76 bits per heavy atom. The van der Waals surface area contributed by atoms with Crippen LogP contribution in [0.5, 0.6) is 0 Å². The minimum absolute atomic E-state index is 1.06. The predicted molar refractivity (Wildman–Crippen MR) is 85.0 cm³/mol. The lowest BCUT2D eigenvalue weighted by molar-refractivity contribution is 0.253. The van der Waals surface area contributed by atoms with E-state index in [0.29, 0.717) is 0 Å². The lowest BCUT2D eigenvalue weighted by atomic mass is 10.2. The average molecular weight is 289 g/mol. The summed E-state index contributed by atoms with van der Waals surface area (Å²) in [5, 5.41) is 0. The molecule has 0 bridgehead atoms. The highest BCUT2D eigenvalue weighted by Crippen LogP contribution is 2.02. The lowest BCUT2D eigenvalue weighted by Gasteiger charge is -2.22. The third kappa shape index (κ3) is 6.12. The molecule has 0 aliphatic carbocycles. The van der Waals surface area contributed by atoms with Crippen molar-refractivity contribution >= 4 is 0 Å². The van der Waals surface area contributed by atoms with E-state index in [1.54, 1.807) is 0 Å². The largest absolute Gasteiger partial charge is 0.337 e. The van der Waals surface area contributed by atoms with Crippen molar-refractivity contribution in [3.05, 3.63) is 37.4 Å². The molecule has 0 fully saturated rings. The fourth-order valence-electron chi connectivity index (χ4n) is 2.51. The van der Waals surface area contributed by atoms with Gasteiger partial charge in [0.05, 0.1) is 12.7 Å². The first-order chi connectivity index (χ1) is 10.4. The van der Waals surface area contributed by atoms with Crippen LogP contribution in [0.3, 0.4) is 0 Å². The van der Waals surface area contributed by atoms with Crippen LogP contribution < -0.4 is 0 Å². The summed E-state index contributed by atoms with van der Waals surface area (Å²) >= 11 is 0. The third-order valence-corrected chi connectivity index (χ3v) is 3.73. The second-order valence-corrected chi connectivity index (χ2v) is 5.50. The van der Waals surface area contributed by atoms with Crippen LogP contribution in [-0.2, 0) is 13.1 Å². The minimum atomic E-state index is 1.06. The molecule has 2 aromatic rings. The monoisotopic (exact) mass is 289 g/mol. The zero-order valence-electron chi connectivity index (χ0n) is 13.1. The summed E-state index contributed by atoms with van der Waals surface area (Å²) in [6.07, 6.45) is 16.5. The number of hydrogen-bond acceptors (Lipinski definition) is 3. The van der Waals surface area contributed by atoms with E-state index >= 15 is 0 Å². The fraction of sp³-hybridized carbons (Fsp3) is 0.625. The molecule has 0 saturated carbocycles. The highest BCUT2D eigenvalue weighted by molar-refractivity contribution is 4.75. The Morgan fingerprint density at radius 2 is 1.33 bits per heavy atom. The van der Waals surface area contributed by atoms with Crippen molar-refractivity contribution in [1.82, 2.24) is 24.0 Å². The van der Waals surface area contributed by atoms with E-state index in [2.05, 4.69) is 30.9 Å². The number of hydrogen-bond donors (Lipinski definition) is 0. The molecule has 0 atom stereocenters. The van der Waals surface area contributed by atoms with Gasteiger partial charge in [0.1, 0.15) is 0 Å². The van der Waals surface area contributed by atoms with Gasteiger partial charge in [-0.1, -0.05) is 13.3 Å². The number of aromatic nitrogens is 4. The molecule has 0 aliphatic rings. The van der Waals surface area contributed by atoms with E-state index in [1.807, 2.05) is 37.4 Å². The van der Waals surface area contributed by atoms with Crippen molar-refractivity contribution in [2.45, 2.75) is 45.7 Å². The zero-order chi connectivity index (χ0) is 14.8. The first-order valence-electron chi connectivity index (χ1n) is 8.02. The van der Waals surface area contributed by atoms with Crippen molar-refractivity contribution in [3.63, 3.8) is 0 Å². The van der Waals surface area contributed by atoms with Crippen molar-refractivity contribution in [2.24, 2.45) is 0 Å². The van der Waals surface area contributed by atoms with Gasteiger partial charge in [-0.25, -0.2) is 9.97 Å². The summed E-state index contributed by atoms with van der Waals surface area (Å²) in [4.78, 5) is 10.8. The van der Waals surface area contributed by atoms with Gasteiger partial charge >= 0.3 is 0 Å². The van der Waals surface area contributed by atoms with Crippen molar-refractivity contribution in [3.8, 4) is 0 Å². The summed E-state index contributed by atoms with van der Waals surface area (Å²) in [6.45, 7) is 7.93. The summed E-state index contributed by atoms with van der Waals surface area (Å²) in [7, 11) is 0. The molecule has 21 heavy (non-hydrogen) atoms. The van der Waals surface area contributed by atoms with E-state index in [9.17, 15) is 0 Å². The van der Waals surface area contributed by atoms with Crippen molar-refractivity contribution in [2.75, 3.05) is 19.6 Å². The van der Waals surface area contributed by atoms with Gasteiger partial charge in [0, 0.05) is 37.9 Å². The van der Waals surface area contributed by atoms with Gasteiger partial charge in [-0.05, 0) is 38.9 Å². The van der Waals surface area contributed by atoms with Crippen LogP contribution in [0.25, 0.3) is 0 Å². The number of imidazole rings is 2. The van der Waals surface area contributed by atoms with Crippen molar-refractivity contribution in [1.29, 1.82) is 0 Å². The maximum Gasteiger partial charge on any atom is 0.0945 e. The van der Waals surface area contributed by atoms with Crippen LogP contribution in [0.4, 0.5) is 0 Å². The molecule has 0 unspecified atom stereocenters. The summed E-state index contributed by atoms with van der Waals surface area (Å²) in [5.74, 6) is 0. The fourth-order valence-corrected chi connectivity index (χ4v) is 2.51. The summed E-state index contributed by atoms with van der Waals surface area (Å²) in [5.41, 5.74) is 0. The van der Waals surface area contributed by atoms with Crippen LogP contribution in [0.1, 0.15) is 32.6 Å².